The molecule has 0 aromatic heterocycles. The Morgan fingerprint density at radius 3 is 2.23 bits per heavy atom. The molecule has 0 aliphatic heterocycles. The molecular weight excluding hydrogens is 282 g/mol. The van der Waals surface area contributed by atoms with Gasteiger partial charge in [0.05, 0.1) is 6.61 Å². The zero-order valence-electron chi connectivity index (χ0n) is 13.3. The van der Waals surface area contributed by atoms with E-state index in [1.54, 1.807) is 31.2 Å². The molecule has 1 aromatic carbocycles. The average molecular weight is 305 g/mol. The number of carbonyl (C=O) groups excluding carboxylic acids is 3. The SMILES string of the molecule is C=CC(=O)NCCC.CCOC(=O)C(=O)c1ccc(C)cc1. The van der Waals surface area contributed by atoms with Crippen LogP contribution in [0.25, 0.3) is 0 Å². The van der Waals surface area contributed by atoms with Gasteiger partial charge in [0.25, 0.3) is 5.78 Å². The van der Waals surface area contributed by atoms with Gasteiger partial charge in [-0.1, -0.05) is 43.3 Å². The minimum atomic E-state index is -0.795. The first-order chi connectivity index (χ1) is 10.5. The Morgan fingerprint density at radius 1 is 1.18 bits per heavy atom. The van der Waals surface area contributed by atoms with E-state index >= 15 is 0 Å². The summed E-state index contributed by atoms with van der Waals surface area (Å²) < 4.78 is 4.60. The molecule has 22 heavy (non-hydrogen) atoms. The van der Waals surface area contributed by atoms with Crippen LogP contribution in [0.15, 0.2) is 36.9 Å². The summed E-state index contributed by atoms with van der Waals surface area (Å²) in [7, 11) is 0. The van der Waals surface area contributed by atoms with Gasteiger partial charge in [-0.15, -0.1) is 0 Å². The van der Waals surface area contributed by atoms with E-state index in [4.69, 9.17) is 0 Å². The van der Waals surface area contributed by atoms with E-state index in [9.17, 15) is 14.4 Å². The van der Waals surface area contributed by atoms with Crippen LogP contribution in [0, 0.1) is 6.92 Å². The van der Waals surface area contributed by atoms with Crippen molar-refractivity contribution in [2.75, 3.05) is 13.2 Å². The number of hydrogen-bond donors (Lipinski definition) is 1. The number of esters is 1. The summed E-state index contributed by atoms with van der Waals surface area (Å²) in [5.74, 6) is -1.48. The van der Waals surface area contributed by atoms with E-state index in [1.807, 2.05) is 13.8 Å². The van der Waals surface area contributed by atoms with E-state index in [-0.39, 0.29) is 12.5 Å². The molecule has 120 valence electrons. The summed E-state index contributed by atoms with van der Waals surface area (Å²) in [4.78, 5) is 32.8. The molecule has 1 aromatic rings. The molecule has 0 aliphatic rings. The number of ether oxygens (including phenoxy) is 1. The van der Waals surface area contributed by atoms with Gasteiger partial charge in [0.2, 0.25) is 5.91 Å². The van der Waals surface area contributed by atoms with Crippen molar-refractivity contribution in [1.82, 2.24) is 5.32 Å². The summed E-state index contributed by atoms with van der Waals surface area (Å²) in [6, 6.07) is 6.81. The largest absolute Gasteiger partial charge is 0.460 e. The van der Waals surface area contributed by atoms with Gasteiger partial charge in [-0.2, -0.15) is 0 Å². The van der Waals surface area contributed by atoms with Crippen molar-refractivity contribution in [1.29, 1.82) is 0 Å². The van der Waals surface area contributed by atoms with Crippen LogP contribution >= 0.6 is 0 Å². The Balaban J connectivity index is 0.000000472. The van der Waals surface area contributed by atoms with Crippen LogP contribution in [-0.4, -0.2) is 30.8 Å². The van der Waals surface area contributed by atoms with Crippen molar-refractivity contribution >= 4 is 17.7 Å². The van der Waals surface area contributed by atoms with E-state index in [2.05, 4.69) is 16.6 Å². The molecular formula is C17H23NO4. The van der Waals surface area contributed by atoms with Crippen LogP contribution in [-0.2, 0) is 14.3 Å². The smallest absolute Gasteiger partial charge is 0.379 e. The topological polar surface area (TPSA) is 72.5 Å². The average Bonchev–Trinajstić information content (AvgIpc) is 2.53. The molecule has 0 fully saturated rings. The molecule has 1 rings (SSSR count). The highest BCUT2D eigenvalue weighted by molar-refractivity contribution is 6.40. The minimum absolute atomic E-state index is 0.0909. The molecule has 0 heterocycles. The maximum Gasteiger partial charge on any atom is 0.379 e. The van der Waals surface area contributed by atoms with Gasteiger partial charge in [-0.05, 0) is 26.3 Å². The van der Waals surface area contributed by atoms with Crippen LogP contribution in [0.1, 0.15) is 36.2 Å². The van der Waals surface area contributed by atoms with Crippen LogP contribution in [0.3, 0.4) is 0 Å². The Bertz CT molecular complexity index is 506. The minimum Gasteiger partial charge on any atom is -0.460 e. The summed E-state index contributed by atoms with van der Waals surface area (Å²) in [5.41, 5.74) is 1.42. The van der Waals surface area contributed by atoms with Crippen LogP contribution in [0.5, 0.6) is 0 Å². The van der Waals surface area contributed by atoms with E-state index in [1.165, 1.54) is 6.08 Å². The van der Waals surface area contributed by atoms with Crippen molar-refractivity contribution in [2.24, 2.45) is 0 Å². The number of hydrogen-bond acceptors (Lipinski definition) is 4. The highest BCUT2D eigenvalue weighted by atomic mass is 16.5. The predicted molar refractivity (Wildman–Crippen MR) is 85.6 cm³/mol. The fourth-order valence-corrected chi connectivity index (χ4v) is 1.34. The fraction of sp³-hybridized carbons (Fsp3) is 0.353. The third-order valence-corrected chi connectivity index (χ3v) is 2.51. The molecule has 0 aliphatic carbocycles. The Morgan fingerprint density at radius 2 is 1.77 bits per heavy atom. The monoisotopic (exact) mass is 305 g/mol. The Hall–Kier alpha value is -2.43. The van der Waals surface area contributed by atoms with Crippen LogP contribution in [0.4, 0.5) is 0 Å². The summed E-state index contributed by atoms with van der Waals surface area (Å²) in [5, 5.41) is 2.62. The second kappa shape index (κ2) is 11.3. The number of Topliss-reactive ketones (excluding diaryl/α,β-unsaturated/α-hetero) is 1. The molecule has 0 atom stereocenters. The maximum atomic E-state index is 11.4. The highest BCUT2D eigenvalue weighted by Crippen LogP contribution is 2.04. The number of rotatable bonds is 6. The second-order valence-corrected chi connectivity index (χ2v) is 4.41. The first-order valence-corrected chi connectivity index (χ1v) is 7.14. The number of aryl methyl sites for hydroxylation is 1. The lowest BCUT2D eigenvalue weighted by Gasteiger charge is -2.00. The molecule has 0 saturated heterocycles. The van der Waals surface area contributed by atoms with Gasteiger partial charge in [0, 0.05) is 12.1 Å². The molecule has 0 spiro atoms. The van der Waals surface area contributed by atoms with Crippen molar-refractivity contribution in [2.45, 2.75) is 27.2 Å². The van der Waals surface area contributed by atoms with E-state index < -0.39 is 11.8 Å². The Labute approximate surface area is 131 Å². The molecule has 0 radical (unpaired) electrons. The molecule has 5 nitrogen and oxygen atoms in total. The van der Waals surface area contributed by atoms with E-state index in [0.717, 1.165) is 18.5 Å². The van der Waals surface area contributed by atoms with E-state index in [0.29, 0.717) is 5.56 Å². The summed E-state index contributed by atoms with van der Waals surface area (Å²) in [6.07, 6.45) is 2.25. The molecule has 0 saturated carbocycles. The van der Waals surface area contributed by atoms with Gasteiger partial charge >= 0.3 is 5.97 Å². The maximum absolute atomic E-state index is 11.4. The van der Waals surface area contributed by atoms with Gasteiger partial charge < -0.3 is 10.1 Å². The van der Waals surface area contributed by atoms with Gasteiger partial charge in [0.15, 0.2) is 0 Å². The van der Waals surface area contributed by atoms with Crippen molar-refractivity contribution in [3.8, 4) is 0 Å². The number of ketones is 1. The lowest BCUT2D eigenvalue weighted by molar-refractivity contribution is -0.137. The predicted octanol–water partition coefficient (Wildman–Crippen LogP) is 2.44. The zero-order chi connectivity index (χ0) is 17.0. The van der Waals surface area contributed by atoms with Crippen LogP contribution < -0.4 is 5.32 Å². The number of amides is 1. The third kappa shape index (κ3) is 7.99. The van der Waals surface area contributed by atoms with Gasteiger partial charge in [-0.25, -0.2) is 4.79 Å². The quantitative estimate of drug-likeness (QED) is 0.379. The standard InChI is InChI=1S/C11H12O3.C6H11NO/c1-3-14-11(13)10(12)9-6-4-8(2)5-7-9;1-3-5-7-6(8)4-2/h4-7H,3H2,1-2H3;4H,2-3,5H2,1H3,(H,7,8). The molecule has 1 amide bonds. The third-order valence-electron chi connectivity index (χ3n) is 2.51. The first-order valence-electron chi connectivity index (χ1n) is 7.14. The summed E-state index contributed by atoms with van der Waals surface area (Å²) in [6.45, 7) is 9.85. The molecule has 0 bridgehead atoms. The van der Waals surface area contributed by atoms with Crippen molar-refractivity contribution in [3.05, 3.63) is 48.0 Å². The molecule has 1 N–H and O–H groups in total. The number of carbonyl (C=O) groups is 3. The first kappa shape index (κ1) is 19.6. The highest BCUT2D eigenvalue weighted by Gasteiger charge is 2.16. The Kier molecular flexibility index (Phi) is 10.0. The second-order valence-electron chi connectivity index (χ2n) is 4.41. The lowest BCUT2D eigenvalue weighted by Crippen LogP contribution is -2.20. The number of nitrogens with one attached hydrogen (secondary N) is 1. The van der Waals surface area contributed by atoms with Gasteiger partial charge in [0.1, 0.15) is 0 Å². The fourth-order valence-electron chi connectivity index (χ4n) is 1.34. The van der Waals surface area contributed by atoms with Crippen molar-refractivity contribution < 1.29 is 19.1 Å². The number of benzene rings is 1. The van der Waals surface area contributed by atoms with Crippen molar-refractivity contribution in [3.63, 3.8) is 0 Å². The lowest BCUT2D eigenvalue weighted by atomic mass is 10.1. The normalized spacial score (nSPS) is 9.05. The zero-order valence-corrected chi connectivity index (χ0v) is 13.3. The molecule has 0 unspecified atom stereocenters. The summed E-state index contributed by atoms with van der Waals surface area (Å²) >= 11 is 0. The van der Waals surface area contributed by atoms with Crippen LogP contribution in [0.2, 0.25) is 0 Å². The molecule has 5 heteroatoms. The van der Waals surface area contributed by atoms with Gasteiger partial charge in [-0.3, -0.25) is 9.59 Å².